The van der Waals surface area contributed by atoms with E-state index in [0.29, 0.717) is 12.6 Å². The Morgan fingerprint density at radius 2 is 2.32 bits per heavy atom. The minimum atomic E-state index is -0.175. The van der Waals surface area contributed by atoms with E-state index >= 15 is 0 Å². The van der Waals surface area contributed by atoms with Crippen LogP contribution in [0.25, 0.3) is 10.9 Å². The molecule has 1 saturated heterocycles. The Morgan fingerprint density at radius 1 is 1.45 bits per heavy atom. The van der Waals surface area contributed by atoms with Crippen molar-refractivity contribution in [3.05, 3.63) is 35.5 Å². The van der Waals surface area contributed by atoms with Crippen LogP contribution in [0.3, 0.4) is 0 Å². The van der Waals surface area contributed by atoms with Crippen molar-refractivity contribution < 1.29 is 9.53 Å². The molecule has 118 valence electrons. The Balaban J connectivity index is 1.92. The van der Waals surface area contributed by atoms with Gasteiger partial charge < -0.3 is 14.6 Å². The molecule has 0 aliphatic carbocycles. The lowest BCUT2D eigenvalue weighted by molar-refractivity contribution is -0.143. The van der Waals surface area contributed by atoms with Gasteiger partial charge >= 0.3 is 5.97 Å². The summed E-state index contributed by atoms with van der Waals surface area (Å²) in [6.07, 6.45) is 5.64. The molecule has 0 amide bonds. The number of esters is 1. The zero-order chi connectivity index (χ0) is 15.5. The van der Waals surface area contributed by atoms with E-state index in [1.807, 2.05) is 11.5 Å². The second-order valence-corrected chi connectivity index (χ2v) is 6.11. The van der Waals surface area contributed by atoms with Gasteiger partial charge in [0.15, 0.2) is 0 Å². The summed E-state index contributed by atoms with van der Waals surface area (Å²) < 4.78 is 7.11. The van der Waals surface area contributed by atoms with Gasteiger partial charge in [-0.3, -0.25) is 4.79 Å². The molecule has 1 aliphatic rings. The molecule has 1 aromatic heterocycles. The molecule has 4 heteroatoms. The quantitative estimate of drug-likeness (QED) is 0.864. The van der Waals surface area contributed by atoms with E-state index in [2.05, 4.69) is 36.6 Å². The van der Waals surface area contributed by atoms with Crippen LogP contribution in [-0.2, 0) is 22.5 Å². The molecule has 1 atom stereocenters. The number of nitrogens with zero attached hydrogens (tertiary/aromatic N) is 1. The van der Waals surface area contributed by atoms with Gasteiger partial charge in [-0.2, -0.15) is 0 Å². The van der Waals surface area contributed by atoms with Crippen LogP contribution in [0, 0.1) is 6.92 Å². The Kier molecular flexibility index (Phi) is 4.48. The molecule has 1 aliphatic heterocycles. The molecule has 2 aromatic rings. The molecule has 3 rings (SSSR count). The molecule has 1 unspecified atom stereocenters. The topological polar surface area (TPSA) is 43.3 Å². The molecule has 0 saturated carbocycles. The number of fused-ring (bicyclic) bond motifs is 1. The molecule has 1 aromatic carbocycles. The fraction of sp³-hybridized carbons (Fsp3) is 0.500. The van der Waals surface area contributed by atoms with Crippen LogP contribution in [0.2, 0.25) is 0 Å². The largest absolute Gasteiger partial charge is 0.465 e. The summed E-state index contributed by atoms with van der Waals surface area (Å²) in [7, 11) is 0. The molecular formula is C18H24N2O2. The van der Waals surface area contributed by atoms with Gasteiger partial charge in [-0.1, -0.05) is 11.6 Å². The van der Waals surface area contributed by atoms with Crippen LogP contribution < -0.4 is 5.32 Å². The molecule has 0 spiro atoms. The smallest absolute Gasteiger partial charge is 0.325 e. The lowest BCUT2D eigenvalue weighted by Crippen LogP contribution is -2.23. The van der Waals surface area contributed by atoms with Crippen LogP contribution in [0.15, 0.2) is 24.4 Å². The number of aromatic nitrogens is 1. The highest BCUT2D eigenvalue weighted by molar-refractivity contribution is 5.86. The van der Waals surface area contributed by atoms with Gasteiger partial charge in [-0.25, -0.2) is 0 Å². The van der Waals surface area contributed by atoms with Gasteiger partial charge in [0.05, 0.1) is 6.61 Å². The lowest BCUT2D eigenvalue weighted by Gasteiger charge is -2.08. The maximum atomic E-state index is 11.8. The highest BCUT2D eigenvalue weighted by Gasteiger charge is 2.18. The second kappa shape index (κ2) is 6.53. The number of aryl methyl sites for hydroxylation is 1. The fourth-order valence-corrected chi connectivity index (χ4v) is 3.32. The summed E-state index contributed by atoms with van der Waals surface area (Å²) in [5.74, 6) is -0.175. The number of benzene rings is 1. The summed E-state index contributed by atoms with van der Waals surface area (Å²) in [6, 6.07) is 6.99. The van der Waals surface area contributed by atoms with Gasteiger partial charge in [0, 0.05) is 23.1 Å². The molecule has 22 heavy (non-hydrogen) atoms. The average molecular weight is 300 g/mol. The van der Waals surface area contributed by atoms with E-state index in [4.69, 9.17) is 4.74 Å². The normalized spacial score (nSPS) is 18.0. The maximum Gasteiger partial charge on any atom is 0.325 e. The van der Waals surface area contributed by atoms with E-state index in [-0.39, 0.29) is 12.5 Å². The summed E-state index contributed by atoms with van der Waals surface area (Å²) >= 11 is 0. The predicted molar refractivity (Wildman–Crippen MR) is 88.0 cm³/mol. The van der Waals surface area contributed by atoms with Crippen molar-refractivity contribution in [1.82, 2.24) is 9.88 Å². The van der Waals surface area contributed by atoms with Gasteiger partial charge in [-0.15, -0.1) is 0 Å². The number of hydrogen-bond donors (Lipinski definition) is 1. The van der Waals surface area contributed by atoms with Crippen LogP contribution >= 0.6 is 0 Å². The number of ether oxygens (including phenoxy) is 1. The molecular weight excluding hydrogens is 276 g/mol. The first-order valence-electron chi connectivity index (χ1n) is 8.14. The summed E-state index contributed by atoms with van der Waals surface area (Å²) in [4.78, 5) is 11.8. The Morgan fingerprint density at radius 3 is 3.05 bits per heavy atom. The van der Waals surface area contributed by atoms with Crippen LogP contribution in [0.5, 0.6) is 0 Å². The van der Waals surface area contributed by atoms with Crippen LogP contribution in [0.4, 0.5) is 0 Å². The monoisotopic (exact) mass is 300 g/mol. The van der Waals surface area contributed by atoms with Crippen LogP contribution in [0.1, 0.15) is 30.9 Å². The number of nitrogens with one attached hydrogen (secondary N) is 1. The van der Waals surface area contributed by atoms with Crippen molar-refractivity contribution in [2.24, 2.45) is 0 Å². The van der Waals surface area contributed by atoms with Crippen molar-refractivity contribution in [2.45, 2.75) is 45.7 Å². The number of carbonyl (C=O) groups excluding carboxylic acids is 1. The summed E-state index contributed by atoms with van der Waals surface area (Å²) in [5.41, 5.74) is 3.69. The Hall–Kier alpha value is -1.81. The Bertz CT molecular complexity index is 669. The lowest BCUT2D eigenvalue weighted by atomic mass is 10.0. The van der Waals surface area contributed by atoms with E-state index in [1.165, 1.54) is 29.4 Å². The van der Waals surface area contributed by atoms with E-state index in [1.54, 1.807) is 0 Å². The molecule has 0 radical (unpaired) electrons. The Labute approximate surface area is 131 Å². The van der Waals surface area contributed by atoms with E-state index in [9.17, 15) is 4.79 Å². The summed E-state index contributed by atoms with van der Waals surface area (Å²) in [5, 5.41) is 4.82. The van der Waals surface area contributed by atoms with Crippen molar-refractivity contribution >= 4 is 16.9 Å². The second-order valence-electron chi connectivity index (χ2n) is 6.11. The minimum Gasteiger partial charge on any atom is -0.465 e. The highest BCUT2D eigenvalue weighted by atomic mass is 16.5. The van der Waals surface area contributed by atoms with E-state index in [0.717, 1.165) is 18.5 Å². The fourth-order valence-electron chi connectivity index (χ4n) is 3.32. The third-order valence-corrected chi connectivity index (χ3v) is 4.35. The van der Waals surface area contributed by atoms with Crippen LogP contribution in [-0.4, -0.2) is 29.7 Å². The van der Waals surface area contributed by atoms with Crippen molar-refractivity contribution in [3.8, 4) is 0 Å². The maximum absolute atomic E-state index is 11.8. The SMILES string of the molecule is CCOC(=O)Cn1cc(CC2CCCN2)c2cc(C)ccc21. The van der Waals surface area contributed by atoms with Gasteiger partial charge in [0.25, 0.3) is 0 Å². The molecule has 4 nitrogen and oxygen atoms in total. The van der Waals surface area contributed by atoms with Gasteiger partial charge in [0.2, 0.25) is 0 Å². The van der Waals surface area contributed by atoms with Crippen molar-refractivity contribution in [2.75, 3.05) is 13.2 Å². The highest BCUT2D eigenvalue weighted by Crippen LogP contribution is 2.25. The molecule has 0 bridgehead atoms. The van der Waals surface area contributed by atoms with Gasteiger partial charge in [-0.05, 0) is 57.4 Å². The number of carbonyl (C=O) groups is 1. The first-order chi connectivity index (χ1) is 10.7. The number of hydrogen-bond acceptors (Lipinski definition) is 3. The third kappa shape index (κ3) is 3.17. The first-order valence-corrected chi connectivity index (χ1v) is 8.14. The predicted octanol–water partition coefficient (Wildman–Crippen LogP) is 2.81. The number of rotatable bonds is 5. The average Bonchev–Trinajstić information content (AvgIpc) is 3.09. The summed E-state index contributed by atoms with van der Waals surface area (Å²) in [6.45, 7) is 5.78. The third-order valence-electron chi connectivity index (χ3n) is 4.35. The standard InChI is InChI=1S/C18H24N2O2/c1-3-22-18(21)12-20-11-14(10-15-5-4-8-19-15)16-9-13(2)6-7-17(16)20/h6-7,9,11,15,19H,3-5,8,10,12H2,1-2H3. The first kappa shape index (κ1) is 15.1. The zero-order valence-corrected chi connectivity index (χ0v) is 13.4. The van der Waals surface area contributed by atoms with Crippen molar-refractivity contribution in [3.63, 3.8) is 0 Å². The van der Waals surface area contributed by atoms with Gasteiger partial charge in [0.1, 0.15) is 6.54 Å². The molecule has 1 N–H and O–H groups in total. The van der Waals surface area contributed by atoms with Crippen molar-refractivity contribution in [1.29, 1.82) is 0 Å². The minimum absolute atomic E-state index is 0.175. The molecule has 1 fully saturated rings. The molecule has 2 heterocycles. The zero-order valence-electron chi connectivity index (χ0n) is 13.4. The van der Waals surface area contributed by atoms with E-state index < -0.39 is 0 Å².